The highest BCUT2D eigenvalue weighted by atomic mass is 31.2. The molecule has 0 bridgehead atoms. The molecule has 0 aliphatic carbocycles. The topological polar surface area (TPSA) is 52.6 Å². The Morgan fingerprint density at radius 3 is 1.38 bits per heavy atom. The van der Waals surface area contributed by atoms with Gasteiger partial charge in [-0.15, -0.1) is 0 Å². The van der Waals surface area contributed by atoms with Crippen molar-refractivity contribution in [1.29, 1.82) is 0 Å². The van der Waals surface area contributed by atoms with Gasteiger partial charge in [0.15, 0.2) is 0 Å². The van der Waals surface area contributed by atoms with Gasteiger partial charge in [0, 0.05) is 26.5 Å². The van der Waals surface area contributed by atoms with Gasteiger partial charge in [-0.25, -0.2) is 0 Å². The number of hydrogen-bond acceptors (Lipinski definition) is 4. The van der Waals surface area contributed by atoms with E-state index in [-0.39, 0.29) is 5.90 Å². The Morgan fingerprint density at radius 1 is 0.923 bits per heavy atom. The van der Waals surface area contributed by atoms with Crippen LogP contribution in [0.4, 0.5) is 0 Å². The third-order valence-electron chi connectivity index (χ3n) is 2.06. The summed E-state index contributed by atoms with van der Waals surface area (Å²) in [5, 5.41) is 0. The van der Waals surface area contributed by atoms with Crippen LogP contribution in [-0.2, 0) is 18.2 Å². The molecule has 0 spiro atoms. The van der Waals surface area contributed by atoms with Crippen molar-refractivity contribution in [2.75, 3.05) is 32.4 Å². The minimum absolute atomic E-state index is 0.0556. The molecule has 0 aromatic rings. The van der Waals surface area contributed by atoms with Gasteiger partial charge in [0.2, 0.25) is 14.7 Å². The highest BCUT2D eigenvalue weighted by molar-refractivity contribution is 7.76. The zero-order valence-corrected chi connectivity index (χ0v) is 10.4. The summed E-state index contributed by atoms with van der Waals surface area (Å²) in [5.74, 6) is 0.0556. The lowest BCUT2D eigenvalue weighted by Gasteiger charge is -2.20. The molecular formula is C7H18O4P2. The van der Waals surface area contributed by atoms with E-state index in [1.54, 1.807) is 13.8 Å². The predicted molar refractivity (Wildman–Crippen MR) is 55.2 cm³/mol. The lowest BCUT2D eigenvalue weighted by molar-refractivity contribution is 0.382. The van der Waals surface area contributed by atoms with E-state index >= 15 is 0 Å². The van der Waals surface area contributed by atoms with Crippen LogP contribution >= 0.6 is 14.7 Å². The Labute approximate surface area is 79.9 Å². The molecule has 2 unspecified atom stereocenters. The molecule has 0 aromatic heterocycles. The van der Waals surface area contributed by atoms with Gasteiger partial charge in [0.25, 0.3) is 0 Å². The SMILES string of the molecule is CCP(=O)(CP(=O)(CC)OC)OC. The molecule has 2 atom stereocenters. The predicted octanol–water partition coefficient (Wildman–Crippen LogP) is 2.83. The highest BCUT2D eigenvalue weighted by Gasteiger charge is 2.31. The number of rotatable bonds is 6. The molecule has 0 fully saturated rings. The molecule has 6 heteroatoms. The van der Waals surface area contributed by atoms with E-state index in [0.717, 1.165) is 0 Å². The highest BCUT2D eigenvalue weighted by Crippen LogP contribution is 2.61. The van der Waals surface area contributed by atoms with Crippen molar-refractivity contribution in [3.05, 3.63) is 0 Å². The summed E-state index contributed by atoms with van der Waals surface area (Å²) in [5.41, 5.74) is 0. The monoisotopic (exact) mass is 228 g/mol. The first-order valence-electron chi connectivity index (χ1n) is 4.23. The third-order valence-corrected chi connectivity index (χ3v) is 8.77. The fraction of sp³-hybridized carbons (Fsp3) is 1.00. The molecule has 0 saturated heterocycles. The summed E-state index contributed by atoms with van der Waals surface area (Å²) < 4.78 is 33.4. The van der Waals surface area contributed by atoms with Crippen molar-refractivity contribution >= 4 is 14.7 Å². The normalized spacial score (nSPS) is 20.6. The molecule has 0 amide bonds. The van der Waals surface area contributed by atoms with Gasteiger partial charge in [0.05, 0.1) is 0 Å². The quantitative estimate of drug-likeness (QED) is 0.656. The lowest BCUT2D eigenvalue weighted by Crippen LogP contribution is -2.00. The molecule has 0 aliphatic rings. The lowest BCUT2D eigenvalue weighted by atomic mass is 11.0. The zero-order chi connectivity index (χ0) is 10.5. The second-order valence-corrected chi connectivity index (χ2v) is 9.15. The van der Waals surface area contributed by atoms with Crippen LogP contribution in [0, 0.1) is 0 Å². The van der Waals surface area contributed by atoms with E-state index in [9.17, 15) is 9.13 Å². The summed E-state index contributed by atoms with van der Waals surface area (Å²) in [6.07, 6.45) is 0.799. The van der Waals surface area contributed by atoms with Crippen LogP contribution < -0.4 is 0 Å². The van der Waals surface area contributed by atoms with E-state index in [4.69, 9.17) is 9.05 Å². The molecule has 0 rings (SSSR count). The largest absolute Gasteiger partial charge is 0.331 e. The van der Waals surface area contributed by atoms with Crippen molar-refractivity contribution in [1.82, 2.24) is 0 Å². The molecule has 4 nitrogen and oxygen atoms in total. The van der Waals surface area contributed by atoms with Crippen LogP contribution in [0.2, 0.25) is 0 Å². The van der Waals surface area contributed by atoms with Crippen LogP contribution in [-0.4, -0.2) is 32.4 Å². The Balaban J connectivity index is 4.57. The fourth-order valence-electron chi connectivity index (χ4n) is 0.902. The van der Waals surface area contributed by atoms with Crippen molar-refractivity contribution in [3.8, 4) is 0 Å². The van der Waals surface area contributed by atoms with Crippen LogP contribution in [0.25, 0.3) is 0 Å². The van der Waals surface area contributed by atoms with Crippen LogP contribution in [0.1, 0.15) is 13.8 Å². The van der Waals surface area contributed by atoms with Crippen molar-refractivity contribution in [2.24, 2.45) is 0 Å². The van der Waals surface area contributed by atoms with Crippen LogP contribution in [0.15, 0.2) is 0 Å². The standard InChI is InChI=1S/C7H18O4P2/c1-5-12(8,10-3)7-13(9,6-2)11-4/h5-7H2,1-4H3. The van der Waals surface area contributed by atoms with Crippen LogP contribution in [0.5, 0.6) is 0 Å². The molecule has 0 radical (unpaired) electrons. The van der Waals surface area contributed by atoms with E-state index < -0.39 is 14.7 Å². The van der Waals surface area contributed by atoms with Gasteiger partial charge >= 0.3 is 0 Å². The average Bonchev–Trinajstić information content (AvgIpc) is 2.17. The van der Waals surface area contributed by atoms with E-state index in [1.165, 1.54) is 14.2 Å². The Morgan fingerprint density at radius 2 is 1.23 bits per heavy atom. The molecule has 0 aliphatic heterocycles. The van der Waals surface area contributed by atoms with Crippen molar-refractivity contribution < 1.29 is 18.2 Å². The first-order valence-corrected chi connectivity index (χ1v) is 8.22. The summed E-state index contributed by atoms with van der Waals surface area (Å²) in [7, 11) is -2.67. The zero-order valence-electron chi connectivity index (χ0n) is 8.65. The summed E-state index contributed by atoms with van der Waals surface area (Å²) in [4.78, 5) is 0. The molecule has 0 N–H and O–H groups in total. The molecule has 80 valence electrons. The van der Waals surface area contributed by atoms with E-state index in [0.29, 0.717) is 12.3 Å². The summed E-state index contributed by atoms with van der Waals surface area (Å²) >= 11 is 0. The van der Waals surface area contributed by atoms with Gasteiger partial charge in [-0.3, -0.25) is 9.13 Å². The summed E-state index contributed by atoms with van der Waals surface area (Å²) in [6, 6.07) is 0. The maximum Gasteiger partial charge on any atom is 0.212 e. The number of hydrogen-bond donors (Lipinski definition) is 0. The molecule has 0 heterocycles. The van der Waals surface area contributed by atoms with Gasteiger partial charge in [0.1, 0.15) is 5.90 Å². The second kappa shape index (κ2) is 5.31. The third kappa shape index (κ3) is 3.95. The van der Waals surface area contributed by atoms with Crippen molar-refractivity contribution in [3.63, 3.8) is 0 Å². The maximum absolute atomic E-state index is 11.8. The van der Waals surface area contributed by atoms with Gasteiger partial charge in [-0.2, -0.15) is 0 Å². The Hall–Kier alpha value is 0.380. The second-order valence-electron chi connectivity index (χ2n) is 2.77. The first kappa shape index (κ1) is 13.4. The van der Waals surface area contributed by atoms with Crippen LogP contribution in [0.3, 0.4) is 0 Å². The van der Waals surface area contributed by atoms with Gasteiger partial charge in [-0.05, 0) is 0 Å². The Kier molecular flexibility index (Phi) is 5.46. The van der Waals surface area contributed by atoms with E-state index in [2.05, 4.69) is 0 Å². The minimum atomic E-state index is -2.72. The van der Waals surface area contributed by atoms with Crippen molar-refractivity contribution in [2.45, 2.75) is 13.8 Å². The molecule has 0 aromatic carbocycles. The maximum atomic E-state index is 11.8. The minimum Gasteiger partial charge on any atom is -0.331 e. The first-order chi connectivity index (χ1) is 5.95. The van der Waals surface area contributed by atoms with Gasteiger partial charge < -0.3 is 9.05 Å². The molecular weight excluding hydrogens is 210 g/mol. The smallest absolute Gasteiger partial charge is 0.212 e. The average molecular weight is 228 g/mol. The van der Waals surface area contributed by atoms with E-state index in [1.807, 2.05) is 0 Å². The summed E-state index contributed by atoms with van der Waals surface area (Å²) in [6.45, 7) is 3.53. The fourth-order valence-corrected chi connectivity index (χ4v) is 6.57. The molecule has 0 saturated carbocycles. The molecule has 13 heavy (non-hydrogen) atoms. The van der Waals surface area contributed by atoms with Gasteiger partial charge in [-0.1, -0.05) is 13.8 Å². The Bertz CT molecular complexity index is 199.